The number of carboxylic acid groups (broad SMARTS) is 1. The summed E-state index contributed by atoms with van der Waals surface area (Å²) < 4.78 is 5.31. The molecule has 0 aromatic carbocycles. The molecule has 1 heterocycles. The molecule has 9 heteroatoms. The molecule has 0 aliphatic carbocycles. The summed E-state index contributed by atoms with van der Waals surface area (Å²) in [5.41, 5.74) is 3.78. The Labute approximate surface area is 133 Å². The van der Waals surface area contributed by atoms with Gasteiger partial charge in [0.2, 0.25) is 0 Å². The number of pyridine rings is 1. The maximum Gasteiger partial charge on any atom is 0.419 e. The van der Waals surface area contributed by atoms with Crippen LogP contribution in [0.25, 0.3) is 0 Å². The predicted molar refractivity (Wildman–Crippen MR) is 82.0 cm³/mol. The van der Waals surface area contributed by atoms with Gasteiger partial charge in [-0.3, -0.25) is 10.3 Å². The SMILES string of the molecule is CC(C)(C)OC(=O)N(CCNNC(=O)O)c1cccc(Cl)n1. The number of halogens is 1. The zero-order valence-electron chi connectivity index (χ0n) is 12.6. The first-order valence-corrected chi connectivity index (χ1v) is 6.92. The van der Waals surface area contributed by atoms with Crippen molar-refractivity contribution >= 4 is 29.6 Å². The highest BCUT2D eigenvalue weighted by Gasteiger charge is 2.24. The Bertz CT molecular complexity index is 533. The number of hydrogen-bond donors (Lipinski definition) is 3. The minimum Gasteiger partial charge on any atom is -0.464 e. The van der Waals surface area contributed by atoms with Crippen LogP contribution in [0.5, 0.6) is 0 Å². The lowest BCUT2D eigenvalue weighted by Crippen LogP contribution is -2.45. The Kier molecular flexibility index (Phi) is 6.39. The van der Waals surface area contributed by atoms with Crippen molar-refractivity contribution in [1.29, 1.82) is 0 Å². The van der Waals surface area contributed by atoms with Crippen molar-refractivity contribution in [3.05, 3.63) is 23.4 Å². The van der Waals surface area contributed by atoms with Gasteiger partial charge in [-0.2, -0.15) is 0 Å². The van der Waals surface area contributed by atoms with E-state index >= 15 is 0 Å². The molecule has 0 aliphatic rings. The second-order valence-electron chi connectivity index (χ2n) is 5.31. The molecule has 1 rings (SSSR count). The van der Waals surface area contributed by atoms with Crippen molar-refractivity contribution in [3.63, 3.8) is 0 Å². The number of nitrogens with one attached hydrogen (secondary N) is 2. The molecule has 0 atom stereocenters. The quantitative estimate of drug-likeness (QED) is 0.434. The number of ether oxygens (including phenoxy) is 1. The molecule has 1 aromatic heterocycles. The van der Waals surface area contributed by atoms with Crippen LogP contribution in [0, 0.1) is 0 Å². The monoisotopic (exact) mass is 330 g/mol. The maximum atomic E-state index is 12.3. The molecule has 0 aliphatic heterocycles. The normalized spacial score (nSPS) is 10.9. The summed E-state index contributed by atoms with van der Waals surface area (Å²) in [7, 11) is 0. The second-order valence-corrected chi connectivity index (χ2v) is 5.69. The number of nitrogens with zero attached hydrogens (tertiary/aromatic N) is 2. The van der Waals surface area contributed by atoms with Gasteiger partial charge in [-0.25, -0.2) is 20.0 Å². The van der Waals surface area contributed by atoms with Crippen LogP contribution in [-0.2, 0) is 4.74 Å². The average Bonchev–Trinajstić information content (AvgIpc) is 2.36. The van der Waals surface area contributed by atoms with Gasteiger partial charge in [0.05, 0.1) is 0 Å². The van der Waals surface area contributed by atoms with Crippen LogP contribution < -0.4 is 15.8 Å². The van der Waals surface area contributed by atoms with E-state index in [0.717, 1.165) is 0 Å². The lowest BCUT2D eigenvalue weighted by molar-refractivity contribution is 0.0579. The maximum absolute atomic E-state index is 12.3. The summed E-state index contributed by atoms with van der Waals surface area (Å²) in [6.45, 7) is 5.55. The Morgan fingerprint density at radius 1 is 1.41 bits per heavy atom. The number of rotatable bonds is 5. The van der Waals surface area contributed by atoms with Gasteiger partial charge in [0.15, 0.2) is 0 Å². The summed E-state index contributed by atoms with van der Waals surface area (Å²) in [5.74, 6) is 0.318. The van der Waals surface area contributed by atoms with E-state index in [2.05, 4.69) is 10.4 Å². The van der Waals surface area contributed by atoms with E-state index in [0.29, 0.717) is 5.82 Å². The lowest BCUT2D eigenvalue weighted by atomic mass is 10.2. The first-order valence-electron chi connectivity index (χ1n) is 6.54. The fraction of sp³-hybridized carbons (Fsp3) is 0.462. The fourth-order valence-electron chi connectivity index (χ4n) is 1.47. The van der Waals surface area contributed by atoms with Crippen molar-refractivity contribution in [1.82, 2.24) is 15.8 Å². The molecule has 0 saturated carbocycles. The molecule has 0 unspecified atom stereocenters. The Hall–Kier alpha value is -2.06. The fourth-order valence-corrected chi connectivity index (χ4v) is 1.63. The number of amides is 2. The molecule has 0 bridgehead atoms. The van der Waals surface area contributed by atoms with Gasteiger partial charge >= 0.3 is 12.2 Å². The van der Waals surface area contributed by atoms with E-state index in [4.69, 9.17) is 21.4 Å². The summed E-state index contributed by atoms with van der Waals surface area (Å²) in [6, 6.07) is 4.86. The first-order chi connectivity index (χ1) is 10.2. The molecule has 0 fully saturated rings. The third-order valence-electron chi connectivity index (χ3n) is 2.25. The van der Waals surface area contributed by atoms with Crippen LogP contribution >= 0.6 is 11.6 Å². The van der Waals surface area contributed by atoms with Gasteiger partial charge in [-0.15, -0.1) is 0 Å². The van der Waals surface area contributed by atoms with E-state index in [1.54, 1.807) is 39.0 Å². The molecule has 8 nitrogen and oxygen atoms in total. The highest BCUT2D eigenvalue weighted by Crippen LogP contribution is 2.17. The van der Waals surface area contributed by atoms with Gasteiger partial charge in [-0.05, 0) is 32.9 Å². The summed E-state index contributed by atoms with van der Waals surface area (Å²) in [6.07, 6.45) is -1.82. The highest BCUT2D eigenvalue weighted by atomic mass is 35.5. The molecule has 0 spiro atoms. The molecule has 1 aromatic rings. The minimum atomic E-state index is -1.22. The number of aromatic nitrogens is 1. The number of hydrazine groups is 1. The van der Waals surface area contributed by atoms with E-state index in [-0.39, 0.29) is 18.2 Å². The molecule has 0 saturated heterocycles. The van der Waals surface area contributed by atoms with E-state index in [9.17, 15) is 9.59 Å². The van der Waals surface area contributed by atoms with Crippen molar-refractivity contribution in [2.24, 2.45) is 0 Å². The van der Waals surface area contributed by atoms with Gasteiger partial charge in [-0.1, -0.05) is 17.7 Å². The molecular weight excluding hydrogens is 312 g/mol. The third-order valence-corrected chi connectivity index (χ3v) is 2.46. The Balaban J connectivity index is 2.81. The second kappa shape index (κ2) is 7.81. The van der Waals surface area contributed by atoms with Gasteiger partial charge in [0.1, 0.15) is 16.6 Å². The largest absolute Gasteiger partial charge is 0.464 e. The van der Waals surface area contributed by atoms with Crippen molar-refractivity contribution in [3.8, 4) is 0 Å². The van der Waals surface area contributed by atoms with Crippen LogP contribution in [0.2, 0.25) is 5.15 Å². The zero-order chi connectivity index (χ0) is 16.8. The third kappa shape index (κ3) is 6.59. The summed E-state index contributed by atoms with van der Waals surface area (Å²) in [4.78, 5) is 28.0. The molecular formula is C13H19ClN4O4. The van der Waals surface area contributed by atoms with Crippen molar-refractivity contribution in [2.45, 2.75) is 26.4 Å². The minimum absolute atomic E-state index is 0.141. The van der Waals surface area contributed by atoms with Crippen LogP contribution in [-0.4, -0.2) is 41.0 Å². The van der Waals surface area contributed by atoms with Crippen LogP contribution in [0.3, 0.4) is 0 Å². The van der Waals surface area contributed by atoms with Gasteiger partial charge in [0.25, 0.3) is 0 Å². The van der Waals surface area contributed by atoms with Gasteiger partial charge in [0, 0.05) is 13.1 Å². The molecule has 2 amide bonds. The van der Waals surface area contributed by atoms with Crippen molar-refractivity contribution < 1.29 is 19.4 Å². The van der Waals surface area contributed by atoms with Crippen LogP contribution in [0.4, 0.5) is 15.4 Å². The summed E-state index contributed by atoms with van der Waals surface area (Å²) in [5, 5.41) is 8.72. The van der Waals surface area contributed by atoms with E-state index in [1.807, 2.05) is 5.43 Å². The topological polar surface area (TPSA) is 104 Å². The first kappa shape index (κ1) is 18.0. The number of hydrogen-bond acceptors (Lipinski definition) is 5. The van der Waals surface area contributed by atoms with E-state index < -0.39 is 17.8 Å². The Morgan fingerprint density at radius 2 is 2.09 bits per heavy atom. The molecule has 0 radical (unpaired) electrons. The Morgan fingerprint density at radius 3 is 2.64 bits per heavy atom. The average molecular weight is 331 g/mol. The lowest BCUT2D eigenvalue weighted by Gasteiger charge is -2.26. The number of carbonyl (C=O) groups is 2. The predicted octanol–water partition coefficient (Wildman–Crippen LogP) is 2.25. The summed E-state index contributed by atoms with van der Waals surface area (Å²) >= 11 is 5.83. The number of carbonyl (C=O) groups excluding carboxylic acids is 1. The standard InChI is InChI=1S/C13H19ClN4O4/c1-13(2,3)22-12(21)18(8-7-15-17-11(19)20)10-6-4-5-9(14)16-10/h4-6,15,17H,7-8H2,1-3H3,(H,19,20). The number of anilines is 1. The zero-order valence-corrected chi connectivity index (χ0v) is 13.3. The highest BCUT2D eigenvalue weighted by molar-refractivity contribution is 6.29. The molecule has 122 valence electrons. The van der Waals surface area contributed by atoms with E-state index in [1.165, 1.54) is 4.90 Å². The smallest absolute Gasteiger partial charge is 0.419 e. The van der Waals surface area contributed by atoms with Crippen molar-refractivity contribution in [2.75, 3.05) is 18.0 Å². The molecule has 22 heavy (non-hydrogen) atoms. The van der Waals surface area contributed by atoms with Gasteiger partial charge < -0.3 is 9.84 Å². The molecule has 3 N–H and O–H groups in total. The van der Waals surface area contributed by atoms with Crippen LogP contribution in [0.15, 0.2) is 18.2 Å². The van der Waals surface area contributed by atoms with Crippen LogP contribution in [0.1, 0.15) is 20.8 Å².